The highest BCUT2D eigenvalue weighted by molar-refractivity contribution is 5.87. The minimum absolute atomic E-state index is 0.00862. The van der Waals surface area contributed by atoms with E-state index < -0.39 is 36.0 Å². The molecule has 11 nitrogen and oxygen atoms in total. The summed E-state index contributed by atoms with van der Waals surface area (Å²) >= 11 is 0. The average Bonchev–Trinajstić information content (AvgIpc) is 3.53. The van der Waals surface area contributed by atoms with E-state index in [1.165, 1.54) is 13.0 Å². The second-order valence-electron chi connectivity index (χ2n) is 11.3. The molecule has 3 aliphatic rings. The normalized spacial score (nSPS) is 37.0. The molecule has 1 spiro atoms. The Morgan fingerprint density at radius 3 is 2.50 bits per heavy atom. The first-order valence-corrected chi connectivity index (χ1v) is 14.0. The number of epoxide rings is 1. The summed E-state index contributed by atoms with van der Waals surface area (Å²) in [5.74, 6) is 4.47. The van der Waals surface area contributed by atoms with Gasteiger partial charge in [-0.25, -0.2) is 5.84 Å². The van der Waals surface area contributed by atoms with Gasteiger partial charge in [0.1, 0.15) is 23.9 Å². The summed E-state index contributed by atoms with van der Waals surface area (Å²) in [6.07, 6.45) is 8.12. The van der Waals surface area contributed by atoms with E-state index in [0.29, 0.717) is 12.8 Å². The van der Waals surface area contributed by atoms with E-state index in [2.05, 4.69) is 23.7 Å². The molecular weight excluding hydrogens is 518 g/mol. The molecule has 40 heavy (non-hydrogen) atoms. The third-order valence-corrected chi connectivity index (χ3v) is 7.94. The van der Waals surface area contributed by atoms with E-state index in [1.807, 2.05) is 32.9 Å². The number of nitrogens with one attached hydrogen (secondary N) is 2. The van der Waals surface area contributed by atoms with Gasteiger partial charge in [-0.05, 0) is 52.5 Å². The SMILES string of the molecule is CC(=O)OC(C)/C=C\C(=O)NC1CC(C)C(C/C=C(C)/C=C/C2O[C@H](CC(=O)NN)CC3(OC3C)[C@@H]2O)OC1C. The van der Waals surface area contributed by atoms with Crippen LogP contribution < -0.4 is 16.6 Å². The van der Waals surface area contributed by atoms with Gasteiger partial charge in [0, 0.05) is 19.4 Å². The lowest BCUT2D eigenvalue weighted by atomic mass is 9.84. The Morgan fingerprint density at radius 1 is 1.18 bits per heavy atom. The standard InChI is InChI=1S/C29H45N3O8/c1-16(8-11-25-28(36)29(20(5)40-29)15-22(39-25)14-27(35)32-30)7-10-24-17(2)13-23(19(4)38-24)31-26(34)12-9-18(3)37-21(6)33/h7-9,11-12,17-20,22-25,28,36H,10,13-15,30H2,1-6H3,(H,31,34)(H,32,35)/b11-8+,12-9-,16-7+/t17?,18?,19?,20?,22-,23?,24?,25?,28-,29?/m1/s1. The second-order valence-corrected chi connectivity index (χ2v) is 11.3. The molecule has 0 bridgehead atoms. The van der Waals surface area contributed by atoms with Crippen LogP contribution in [-0.4, -0.2) is 77.3 Å². The molecule has 0 aromatic rings. The zero-order chi connectivity index (χ0) is 29.6. The Labute approximate surface area is 236 Å². The van der Waals surface area contributed by atoms with Crippen LogP contribution in [0.15, 0.2) is 36.0 Å². The molecule has 5 N–H and O–H groups in total. The highest BCUT2D eigenvalue weighted by Gasteiger charge is 2.64. The number of nitrogens with two attached hydrogens (primary N) is 1. The maximum Gasteiger partial charge on any atom is 0.303 e. The molecule has 11 heteroatoms. The summed E-state index contributed by atoms with van der Waals surface area (Å²) in [6.45, 7) is 11.0. The molecule has 3 saturated heterocycles. The molecule has 0 aromatic heterocycles. The Balaban J connectivity index is 1.52. The van der Waals surface area contributed by atoms with E-state index >= 15 is 0 Å². The number of allylic oxidation sites excluding steroid dienone is 2. The topological polar surface area (TPSA) is 162 Å². The molecule has 224 valence electrons. The van der Waals surface area contributed by atoms with Crippen molar-refractivity contribution in [3.05, 3.63) is 36.0 Å². The van der Waals surface area contributed by atoms with Gasteiger partial charge in [0.15, 0.2) is 0 Å². The summed E-state index contributed by atoms with van der Waals surface area (Å²) in [7, 11) is 0. The predicted molar refractivity (Wildman–Crippen MR) is 147 cm³/mol. The summed E-state index contributed by atoms with van der Waals surface area (Å²) < 4.78 is 23.0. The molecule has 3 rings (SSSR count). The van der Waals surface area contributed by atoms with Crippen molar-refractivity contribution in [2.75, 3.05) is 0 Å². The van der Waals surface area contributed by atoms with Gasteiger partial charge in [-0.1, -0.05) is 30.7 Å². The van der Waals surface area contributed by atoms with Crippen LogP contribution >= 0.6 is 0 Å². The number of amides is 2. The van der Waals surface area contributed by atoms with E-state index in [0.717, 1.165) is 12.0 Å². The van der Waals surface area contributed by atoms with E-state index in [-0.39, 0.29) is 48.5 Å². The van der Waals surface area contributed by atoms with Crippen LogP contribution in [0.2, 0.25) is 0 Å². The van der Waals surface area contributed by atoms with Gasteiger partial charge in [-0.3, -0.25) is 19.8 Å². The van der Waals surface area contributed by atoms with Gasteiger partial charge < -0.3 is 29.4 Å². The van der Waals surface area contributed by atoms with Crippen LogP contribution in [0.3, 0.4) is 0 Å². The molecule has 0 aromatic carbocycles. The van der Waals surface area contributed by atoms with Gasteiger partial charge in [0.25, 0.3) is 0 Å². The minimum Gasteiger partial charge on any atom is -0.459 e. The number of hydrazine groups is 1. The third-order valence-electron chi connectivity index (χ3n) is 7.94. The Hall–Kier alpha value is -2.57. The number of esters is 1. The average molecular weight is 564 g/mol. The first-order chi connectivity index (χ1) is 18.8. The molecule has 2 amide bonds. The van der Waals surface area contributed by atoms with E-state index in [9.17, 15) is 19.5 Å². The summed E-state index contributed by atoms with van der Waals surface area (Å²) in [5.41, 5.74) is 2.42. The minimum atomic E-state index is -0.835. The highest BCUT2D eigenvalue weighted by Crippen LogP contribution is 2.49. The van der Waals surface area contributed by atoms with Crippen LogP contribution in [0, 0.1) is 5.92 Å². The number of aliphatic hydroxyl groups excluding tert-OH is 1. The van der Waals surface area contributed by atoms with Crippen molar-refractivity contribution in [3.63, 3.8) is 0 Å². The fourth-order valence-electron chi connectivity index (χ4n) is 5.54. The van der Waals surface area contributed by atoms with Crippen molar-refractivity contribution < 1.29 is 38.4 Å². The molecule has 0 radical (unpaired) electrons. The fourth-order valence-corrected chi connectivity index (χ4v) is 5.54. The van der Waals surface area contributed by atoms with Crippen LogP contribution in [0.5, 0.6) is 0 Å². The van der Waals surface area contributed by atoms with Crippen LogP contribution in [0.1, 0.15) is 67.2 Å². The van der Waals surface area contributed by atoms with Gasteiger partial charge in [-0.15, -0.1) is 0 Å². The number of aliphatic hydroxyl groups is 1. The van der Waals surface area contributed by atoms with E-state index in [4.69, 9.17) is 24.8 Å². The monoisotopic (exact) mass is 563 g/mol. The maximum atomic E-state index is 12.4. The summed E-state index contributed by atoms with van der Waals surface area (Å²) in [6, 6.07) is -0.129. The van der Waals surface area contributed by atoms with E-state index in [1.54, 1.807) is 13.0 Å². The number of carbonyl (C=O) groups excluding carboxylic acids is 3. The second kappa shape index (κ2) is 13.9. The van der Waals surface area contributed by atoms with Crippen molar-refractivity contribution >= 4 is 17.8 Å². The molecule has 0 saturated carbocycles. The zero-order valence-electron chi connectivity index (χ0n) is 24.3. The Kier molecular flexibility index (Phi) is 11.1. The van der Waals surface area contributed by atoms with Crippen molar-refractivity contribution in [2.24, 2.45) is 11.8 Å². The molecule has 3 aliphatic heterocycles. The van der Waals surface area contributed by atoms with Gasteiger partial charge in [0.2, 0.25) is 11.8 Å². The number of ether oxygens (including phenoxy) is 4. The number of hydrogen-bond donors (Lipinski definition) is 4. The molecule has 3 fully saturated rings. The molecular formula is C29H45N3O8. The Morgan fingerprint density at radius 2 is 1.88 bits per heavy atom. The number of carbonyl (C=O) groups is 3. The van der Waals surface area contributed by atoms with Crippen molar-refractivity contribution in [1.82, 2.24) is 10.7 Å². The quantitative estimate of drug-likeness (QED) is 0.0590. The molecule has 0 aliphatic carbocycles. The van der Waals surface area contributed by atoms with Crippen molar-refractivity contribution in [1.29, 1.82) is 0 Å². The fraction of sp³-hybridized carbons (Fsp3) is 0.690. The lowest BCUT2D eigenvalue weighted by Gasteiger charge is -2.39. The first kappa shape index (κ1) is 32.0. The number of hydrogen-bond acceptors (Lipinski definition) is 9. The summed E-state index contributed by atoms with van der Waals surface area (Å²) in [5, 5.41) is 13.9. The molecule has 8 unspecified atom stereocenters. The van der Waals surface area contributed by atoms with Gasteiger partial charge >= 0.3 is 5.97 Å². The van der Waals surface area contributed by atoms with Crippen LogP contribution in [0.25, 0.3) is 0 Å². The smallest absolute Gasteiger partial charge is 0.303 e. The lowest BCUT2D eigenvalue weighted by Crippen LogP contribution is -2.52. The first-order valence-electron chi connectivity index (χ1n) is 14.0. The zero-order valence-corrected chi connectivity index (χ0v) is 24.3. The third kappa shape index (κ3) is 8.47. The summed E-state index contributed by atoms with van der Waals surface area (Å²) in [4.78, 5) is 35.2. The van der Waals surface area contributed by atoms with Gasteiger partial charge in [0.05, 0.1) is 36.9 Å². The van der Waals surface area contributed by atoms with Crippen molar-refractivity contribution in [2.45, 2.75) is 122 Å². The Bertz CT molecular complexity index is 1010. The van der Waals surface area contributed by atoms with Crippen molar-refractivity contribution in [3.8, 4) is 0 Å². The number of rotatable bonds is 10. The molecule has 3 heterocycles. The van der Waals surface area contributed by atoms with Crippen LogP contribution in [0.4, 0.5) is 0 Å². The van der Waals surface area contributed by atoms with Gasteiger partial charge in [-0.2, -0.15) is 0 Å². The predicted octanol–water partition coefficient (Wildman–Crippen LogP) is 1.74. The highest BCUT2D eigenvalue weighted by atomic mass is 16.6. The molecule has 10 atom stereocenters. The lowest BCUT2D eigenvalue weighted by molar-refractivity contribution is -0.145. The largest absolute Gasteiger partial charge is 0.459 e. The maximum absolute atomic E-state index is 12.4. The van der Waals surface area contributed by atoms with Crippen LogP contribution in [-0.2, 0) is 33.3 Å².